The summed E-state index contributed by atoms with van der Waals surface area (Å²) in [6.45, 7) is 2.76. The highest BCUT2D eigenvalue weighted by Crippen LogP contribution is 2.44. The van der Waals surface area contributed by atoms with Gasteiger partial charge in [0.25, 0.3) is 0 Å². The molecule has 138 valence electrons. The summed E-state index contributed by atoms with van der Waals surface area (Å²) in [5.41, 5.74) is 1.49. The normalized spacial score (nSPS) is 30.5. The molecule has 0 aliphatic heterocycles. The van der Waals surface area contributed by atoms with E-state index in [0.717, 1.165) is 42.4 Å². The molecule has 2 aliphatic rings. The number of allylic oxidation sites excluding steroid dienone is 1. The van der Waals surface area contributed by atoms with Crippen molar-refractivity contribution in [2.45, 2.75) is 70.6 Å². The van der Waals surface area contributed by atoms with Gasteiger partial charge in [0.1, 0.15) is 5.75 Å². The third-order valence-corrected chi connectivity index (χ3v) is 6.55. The predicted octanol–water partition coefficient (Wildman–Crippen LogP) is 7.04. The Bertz CT molecular complexity index is 520. The van der Waals surface area contributed by atoms with E-state index in [0.29, 0.717) is 6.33 Å². The van der Waals surface area contributed by atoms with Crippen molar-refractivity contribution in [2.75, 3.05) is 6.61 Å². The topological polar surface area (TPSA) is 9.23 Å². The van der Waals surface area contributed by atoms with Crippen molar-refractivity contribution in [3.63, 3.8) is 0 Å². The van der Waals surface area contributed by atoms with Crippen LogP contribution in [0.15, 0.2) is 36.7 Å². The van der Waals surface area contributed by atoms with E-state index in [4.69, 9.17) is 4.74 Å². The van der Waals surface area contributed by atoms with Gasteiger partial charge in [0, 0.05) is 0 Å². The molecule has 1 nitrogen and oxygen atoms in total. The SMILES string of the molecule is CCOc1ccc(C2CCC(C3CCC(C/C=C/F)CC3)CC2)cc1. The Morgan fingerprint density at radius 3 is 2.08 bits per heavy atom. The molecular weight excluding hydrogens is 311 g/mol. The molecule has 0 bridgehead atoms. The molecule has 2 fully saturated rings. The monoisotopic (exact) mass is 344 g/mol. The summed E-state index contributed by atoms with van der Waals surface area (Å²) in [6, 6.07) is 8.77. The molecule has 1 aromatic rings. The number of benzene rings is 1. The number of hydrogen-bond acceptors (Lipinski definition) is 1. The number of halogens is 1. The molecule has 0 saturated heterocycles. The molecule has 0 unspecified atom stereocenters. The molecule has 0 N–H and O–H groups in total. The van der Waals surface area contributed by atoms with Gasteiger partial charge in [-0.2, -0.15) is 0 Å². The van der Waals surface area contributed by atoms with Gasteiger partial charge >= 0.3 is 0 Å². The fourth-order valence-electron chi connectivity index (χ4n) is 5.07. The first-order valence-electron chi connectivity index (χ1n) is 10.3. The third-order valence-electron chi connectivity index (χ3n) is 6.55. The molecule has 3 rings (SSSR count). The van der Waals surface area contributed by atoms with E-state index < -0.39 is 0 Å². The van der Waals surface area contributed by atoms with Crippen molar-refractivity contribution in [3.8, 4) is 5.75 Å². The fourth-order valence-corrected chi connectivity index (χ4v) is 5.07. The second-order valence-electron chi connectivity index (χ2n) is 7.99. The molecule has 0 aromatic heterocycles. The maximum Gasteiger partial charge on any atom is 0.119 e. The minimum Gasteiger partial charge on any atom is -0.494 e. The lowest BCUT2D eigenvalue weighted by atomic mass is 9.68. The number of rotatable bonds is 6. The summed E-state index contributed by atoms with van der Waals surface area (Å²) in [4.78, 5) is 0. The summed E-state index contributed by atoms with van der Waals surface area (Å²) < 4.78 is 17.7. The van der Waals surface area contributed by atoms with Crippen LogP contribution >= 0.6 is 0 Å². The highest BCUT2D eigenvalue weighted by atomic mass is 19.1. The van der Waals surface area contributed by atoms with E-state index in [-0.39, 0.29) is 0 Å². The molecule has 2 aliphatic carbocycles. The molecule has 0 heterocycles. The quantitative estimate of drug-likeness (QED) is 0.538. The predicted molar refractivity (Wildman–Crippen MR) is 103 cm³/mol. The highest BCUT2D eigenvalue weighted by Gasteiger charge is 2.31. The lowest BCUT2D eigenvalue weighted by Crippen LogP contribution is -2.25. The Balaban J connectivity index is 1.44. The zero-order valence-electron chi connectivity index (χ0n) is 15.6. The molecule has 0 amide bonds. The lowest BCUT2D eigenvalue weighted by Gasteiger charge is -2.38. The van der Waals surface area contributed by atoms with Gasteiger partial charge in [0.2, 0.25) is 0 Å². The summed E-state index contributed by atoms with van der Waals surface area (Å²) >= 11 is 0. The standard InChI is InChI=1S/C23H33FO/c1-2-25-23-15-13-22(14-16-23)21-11-9-20(10-12-21)19-7-5-18(6-8-19)4-3-17-24/h3,13-21H,2,4-12H2,1H3/b17-3+. The van der Waals surface area contributed by atoms with Crippen molar-refractivity contribution in [1.29, 1.82) is 0 Å². The first-order chi connectivity index (χ1) is 12.3. The highest BCUT2D eigenvalue weighted by molar-refractivity contribution is 5.29. The van der Waals surface area contributed by atoms with Crippen LogP contribution in [0.5, 0.6) is 5.75 Å². The Kier molecular flexibility index (Phi) is 6.95. The smallest absolute Gasteiger partial charge is 0.119 e. The van der Waals surface area contributed by atoms with Crippen molar-refractivity contribution < 1.29 is 9.13 Å². The van der Waals surface area contributed by atoms with Crippen molar-refractivity contribution in [3.05, 3.63) is 42.2 Å². The Hall–Kier alpha value is -1.31. The van der Waals surface area contributed by atoms with Gasteiger partial charge in [-0.1, -0.05) is 18.2 Å². The maximum atomic E-state index is 12.2. The van der Waals surface area contributed by atoms with Gasteiger partial charge < -0.3 is 4.74 Å². The van der Waals surface area contributed by atoms with Gasteiger partial charge in [-0.05, 0) is 106 Å². The second kappa shape index (κ2) is 9.40. The van der Waals surface area contributed by atoms with Crippen LogP contribution in [-0.2, 0) is 0 Å². The molecule has 25 heavy (non-hydrogen) atoms. The van der Waals surface area contributed by atoms with Gasteiger partial charge in [-0.15, -0.1) is 0 Å². The van der Waals surface area contributed by atoms with Crippen LogP contribution in [-0.4, -0.2) is 6.61 Å². The molecule has 2 saturated carbocycles. The number of ether oxygens (including phenoxy) is 1. The fraction of sp³-hybridized carbons (Fsp3) is 0.652. The summed E-state index contributed by atoms with van der Waals surface area (Å²) in [5.74, 6) is 4.30. The van der Waals surface area contributed by atoms with E-state index >= 15 is 0 Å². The van der Waals surface area contributed by atoms with Crippen LogP contribution < -0.4 is 4.74 Å². The minimum absolute atomic E-state index is 0.717. The third kappa shape index (κ3) is 5.09. The van der Waals surface area contributed by atoms with Crippen LogP contribution in [0, 0.1) is 17.8 Å². The van der Waals surface area contributed by atoms with Crippen LogP contribution in [0.25, 0.3) is 0 Å². The number of hydrogen-bond donors (Lipinski definition) is 0. The summed E-state index contributed by atoms with van der Waals surface area (Å²) in [6.07, 6.45) is 14.1. The summed E-state index contributed by atoms with van der Waals surface area (Å²) in [5, 5.41) is 0. The molecule has 0 radical (unpaired) electrons. The molecule has 1 aromatic carbocycles. The van der Waals surface area contributed by atoms with E-state index in [9.17, 15) is 4.39 Å². The average Bonchev–Trinajstić information content (AvgIpc) is 2.68. The van der Waals surface area contributed by atoms with Gasteiger partial charge in [-0.25, -0.2) is 4.39 Å². The zero-order valence-corrected chi connectivity index (χ0v) is 15.6. The van der Waals surface area contributed by atoms with Gasteiger partial charge in [0.05, 0.1) is 12.9 Å². The van der Waals surface area contributed by atoms with E-state index in [1.165, 1.54) is 56.9 Å². The molecular formula is C23H33FO. The van der Waals surface area contributed by atoms with Crippen LogP contribution in [0.1, 0.15) is 76.2 Å². The van der Waals surface area contributed by atoms with Gasteiger partial charge in [0.15, 0.2) is 0 Å². The maximum absolute atomic E-state index is 12.2. The largest absolute Gasteiger partial charge is 0.494 e. The molecule has 2 heteroatoms. The van der Waals surface area contributed by atoms with E-state index in [1.807, 2.05) is 6.92 Å². The van der Waals surface area contributed by atoms with Gasteiger partial charge in [-0.3, -0.25) is 0 Å². The van der Waals surface area contributed by atoms with E-state index in [1.54, 1.807) is 6.08 Å². The van der Waals surface area contributed by atoms with Crippen molar-refractivity contribution >= 4 is 0 Å². The van der Waals surface area contributed by atoms with E-state index in [2.05, 4.69) is 24.3 Å². The first kappa shape index (κ1) is 18.5. The molecule has 0 spiro atoms. The zero-order chi connectivity index (χ0) is 17.5. The van der Waals surface area contributed by atoms with Crippen LogP contribution in [0.2, 0.25) is 0 Å². The van der Waals surface area contributed by atoms with Crippen LogP contribution in [0.3, 0.4) is 0 Å². The Morgan fingerprint density at radius 2 is 1.52 bits per heavy atom. The average molecular weight is 345 g/mol. The summed E-state index contributed by atoms with van der Waals surface area (Å²) in [7, 11) is 0. The van der Waals surface area contributed by atoms with Crippen molar-refractivity contribution in [1.82, 2.24) is 0 Å². The lowest BCUT2D eigenvalue weighted by molar-refractivity contribution is 0.160. The Morgan fingerprint density at radius 1 is 0.920 bits per heavy atom. The minimum atomic E-state index is 0.717. The second-order valence-corrected chi connectivity index (χ2v) is 7.99. The Labute approximate surface area is 152 Å². The van der Waals surface area contributed by atoms with Crippen molar-refractivity contribution in [2.24, 2.45) is 17.8 Å². The van der Waals surface area contributed by atoms with Crippen LogP contribution in [0.4, 0.5) is 4.39 Å². The molecule has 0 atom stereocenters. The first-order valence-corrected chi connectivity index (χ1v) is 10.3.